The zero-order valence-electron chi connectivity index (χ0n) is 11.3. The molecule has 2 rings (SSSR count). The molecule has 1 atom stereocenters. The highest BCUT2D eigenvalue weighted by Crippen LogP contribution is 2.25. The molecule has 1 saturated heterocycles. The summed E-state index contributed by atoms with van der Waals surface area (Å²) in [4.78, 5) is 35.2. The second-order valence-corrected chi connectivity index (χ2v) is 5.16. The van der Waals surface area contributed by atoms with E-state index in [0.717, 1.165) is 11.3 Å². The lowest BCUT2D eigenvalue weighted by Gasteiger charge is -2.14. The summed E-state index contributed by atoms with van der Waals surface area (Å²) < 4.78 is 0. The van der Waals surface area contributed by atoms with Gasteiger partial charge < -0.3 is 5.32 Å². The first-order chi connectivity index (χ1) is 9.93. The van der Waals surface area contributed by atoms with Crippen molar-refractivity contribution >= 4 is 29.2 Å². The van der Waals surface area contributed by atoms with Crippen LogP contribution in [0.4, 0.5) is 10.5 Å². The largest absolute Gasteiger partial charge is 0.326 e. The van der Waals surface area contributed by atoms with Crippen LogP contribution in [0.1, 0.15) is 25.3 Å². The van der Waals surface area contributed by atoms with E-state index >= 15 is 0 Å². The molecule has 1 aliphatic heterocycles. The van der Waals surface area contributed by atoms with Gasteiger partial charge >= 0.3 is 6.03 Å². The number of urea groups is 1. The molecule has 3 amide bonds. The summed E-state index contributed by atoms with van der Waals surface area (Å²) in [6, 6.07) is 2.91. The quantitative estimate of drug-likeness (QED) is 0.513. The number of hydrogen-bond donors (Lipinski definition) is 1. The molecule has 1 fully saturated rings. The molecule has 0 saturated carbocycles. The smallest absolute Gasteiger partial charge is 0.325 e. The highest BCUT2D eigenvalue weighted by Gasteiger charge is 2.37. The Labute approximate surface area is 126 Å². The topological polar surface area (TPSA) is 92.6 Å². The van der Waals surface area contributed by atoms with E-state index in [4.69, 9.17) is 11.6 Å². The number of benzene rings is 1. The Hall–Kier alpha value is -2.15. The number of non-ortho nitro benzene ring substituents is 1. The number of nitrogens with zero attached hydrogens (tertiary/aromatic N) is 2. The van der Waals surface area contributed by atoms with Crippen molar-refractivity contribution < 1.29 is 14.5 Å². The molecule has 0 aromatic heterocycles. The van der Waals surface area contributed by atoms with Crippen LogP contribution in [0.3, 0.4) is 0 Å². The third-order valence-corrected chi connectivity index (χ3v) is 3.62. The maximum Gasteiger partial charge on any atom is 0.325 e. The van der Waals surface area contributed by atoms with Gasteiger partial charge in [0.25, 0.3) is 11.6 Å². The lowest BCUT2D eigenvalue weighted by atomic mass is 10.1. The first kappa shape index (κ1) is 15.2. The normalized spacial score (nSPS) is 18.0. The van der Waals surface area contributed by atoms with Crippen LogP contribution in [0.25, 0.3) is 0 Å². The molecule has 1 N–H and O–H groups in total. The van der Waals surface area contributed by atoms with Gasteiger partial charge in [-0.25, -0.2) is 4.79 Å². The molecule has 1 aliphatic rings. The zero-order valence-corrected chi connectivity index (χ0v) is 12.1. The van der Waals surface area contributed by atoms with E-state index in [9.17, 15) is 19.7 Å². The zero-order chi connectivity index (χ0) is 15.6. The fourth-order valence-electron chi connectivity index (χ4n) is 2.18. The fraction of sp³-hybridized carbons (Fsp3) is 0.385. The maximum absolute atomic E-state index is 12.1. The summed E-state index contributed by atoms with van der Waals surface area (Å²) >= 11 is 5.98. The Morgan fingerprint density at radius 1 is 1.43 bits per heavy atom. The third kappa shape index (κ3) is 3.13. The predicted octanol–water partition coefficient (Wildman–Crippen LogP) is 2.47. The number of nitro groups is 1. The van der Waals surface area contributed by atoms with E-state index < -0.39 is 17.0 Å². The van der Waals surface area contributed by atoms with Crippen molar-refractivity contribution in [3.05, 3.63) is 38.9 Å². The van der Waals surface area contributed by atoms with Crippen LogP contribution in [0, 0.1) is 10.1 Å². The summed E-state index contributed by atoms with van der Waals surface area (Å²) in [5.41, 5.74) is 0.234. The van der Waals surface area contributed by atoms with Gasteiger partial charge in [0, 0.05) is 17.2 Å². The van der Waals surface area contributed by atoms with Crippen LogP contribution >= 0.6 is 11.6 Å². The maximum atomic E-state index is 12.1. The van der Waals surface area contributed by atoms with Crippen LogP contribution in [0.5, 0.6) is 0 Å². The van der Waals surface area contributed by atoms with E-state index in [0.29, 0.717) is 12.0 Å². The van der Waals surface area contributed by atoms with Crippen LogP contribution in [-0.2, 0) is 11.3 Å². The number of hydrogen-bond acceptors (Lipinski definition) is 4. The molecule has 7 nitrogen and oxygen atoms in total. The van der Waals surface area contributed by atoms with Crippen LogP contribution < -0.4 is 5.32 Å². The lowest BCUT2D eigenvalue weighted by molar-refractivity contribution is -0.384. The number of carbonyl (C=O) groups excluding carboxylic acids is 2. The Bertz CT molecular complexity index is 605. The van der Waals surface area contributed by atoms with Crippen molar-refractivity contribution in [3.63, 3.8) is 0 Å². The lowest BCUT2D eigenvalue weighted by Crippen LogP contribution is -2.31. The van der Waals surface area contributed by atoms with Gasteiger partial charge in [-0.15, -0.1) is 0 Å². The first-order valence-corrected chi connectivity index (χ1v) is 6.86. The monoisotopic (exact) mass is 311 g/mol. The minimum absolute atomic E-state index is 0.0780. The SMILES string of the molecule is CCCC1NC(=O)N(Cc2cc([N+](=O)[O-])ccc2Cl)C1=O. The number of imide groups is 1. The highest BCUT2D eigenvalue weighted by atomic mass is 35.5. The second-order valence-electron chi connectivity index (χ2n) is 4.75. The summed E-state index contributed by atoms with van der Waals surface area (Å²) in [5, 5.41) is 13.6. The van der Waals surface area contributed by atoms with Crippen LogP contribution in [0.15, 0.2) is 18.2 Å². The van der Waals surface area contributed by atoms with Crippen molar-refractivity contribution in [3.8, 4) is 0 Å². The van der Waals surface area contributed by atoms with Crippen LogP contribution in [-0.4, -0.2) is 27.8 Å². The van der Waals surface area contributed by atoms with Crippen LogP contribution in [0.2, 0.25) is 5.02 Å². The van der Waals surface area contributed by atoms with Gasteiger partial charge in [0.2, 0.25) is 0 Å². The van der Waals surface area contributed by atoms with E-state index in [2.05, 4.69) is 5.32 Å². The molecule has 1 aromatic rings. The molecular formula is C13H14ClN3O4. The minimum Gasteiger partial charge on any atom is -0.326 e. The van der Waals surface area contributed by atoms with Crippen molar-refractivity contribution in [2.24, 2.45) is 0 Å². The van der Waals surface area contributed by atoms with Gasteiger partial charge in [-0.3, -0.25) is 19.8 Å². The molecule has 1 heterocycles. The molecule has 0 spiro atoms. The minimum atomic E-state index is -0.550. The van der Waals surface area contributed by atoms with Gasteiger partial charge in [0.05, 0.1) is 11.5 Å². The number of carbonyl (C=O) groups is 2. The summed E-state index contributed by atoms with van der Waals surface area (Å²) in [6.07, 6.45) is 1.33. The van der Waals surface area contributed by atoms with E-state index in [1.807, 2.05) is 6.92 Å². The Balaban J connectivity index is 2.22. The average Bonchev–Trinajstić information content (AvgIpc) is 2.69. The molecule has 21 heavy (non-hydrogen) atoms. The molecule has 112 valence electrons. The average molecular weight is 312 g/mol. The standard InChI is InChI=1S/C13H14ClN3O4/c1-2-3-11-12(18)16(13(19)15-11)7-8-6-9(17(20)21)4-5-10(8)14/h4-6,11H,2-3,7H2,1H3,(H,15,19). The Kier molecular flexibility index (Phi) is 4.42. The molecule has 1 aromatic carbocycles. The molecular weight excluding hydrogens is 298 g/mol. The van der Waals surface area contributed by atoms with Gasteiger partial charge in [-0.05, 0) is 18.1 Å². The number of nitro benzene ring substituents is 1. The first-order valence-electron chi connectivity index (χ1n) is 6.48. The summed E-state index contributed by atoms with van der Waals surface area (Å²) in [5.74, 6) is -0.329. The van der Waals surface area contributed by atoms with Crippen molar-refractivity contribution in [1.82, 2.24) is 10.2 Å². The van der Waals surface area contributed by atoms with Crippen molar-refractivity contribution in [2.45, 2.75) is 32.4 Å². The Morgan fingerprint density at radius 3 is 2.76 bits per heavy atom. The van der Waals surface area contributed by atoms with E-state index in [-0.39, 0.29) is 23.2 Å². The van der Waals surface area contributed by atoms with Crippen molar-refractivity contribution in [2.75, 3.05) is 0 Å². The fourth-order valence-corrected chi connectivity index (χ4v) is 2.35. The van der Waals surface area contributed by atoms with Gasteiger partial charge in [-0.2, -0.15) is 0 Å². The highest BCUT2D eigenvalue weighted by molar-refractivity contribution is 6.31. The van der Waals surface area contributed by atoms with E-state index in [1.165, 1.54) is 18.2 Å². The molecule has 0 aliphatic carbocycles. The number of halogens is 1. The Morgan fingerprint density at radius 2 is 2.14 bits per heavy atom. The number of amides is 3. The number of rotatable bonds is 5. The summed E-state index contributed by atoms with van der Waals surface area (Å²) in [6.45, 7) is 1.84. The third-order valence-electron chi connectivity index (χ3n) is 3.25. The van der Waals surface area contributed by atoms with Gasteiger partial charge in [0.15, 0.2) is 0 Å². The second kappa shape index (κ2) is 6.09. The van der Waals surface area contributed by atoms with Crippen molar-refractivity contribution in [1.29, 1.82) is 0 Å². The molecule has 0 radical (unpaired) electrons. The van der Waals surface area contributed by atoms with Gasteiger partial charge in [-0.1, -0.05) is 24.9 Å². The number of nitrogens with one attached hydrogen (secondary N) is 1. The molecule has 8 heteroatoms. The predicted molar refractivity (Wildman–Crippen MR) is 75.9 cm³/mol. The molecule has 1 unspecified atom stereocenters. The summed E-state index contributed by atoms with van der Waals surface area (Å²) in [7, 11) is 0. The van der Waals surface area contributed by atoms with E-state index in [1.54, 1.807) is 0 Å². The molecule has 0 bridgehead atoms. The van der Waals surface area contributed by atoms with Gasteiger partial charge in [0.1, 0.15) is 6.04 Å².